The summed E-state index contributed by atoms with van der Waals surface area (Å²) in [4.78, 5) is 4.90. The number of hydrogen-bond donors (Lipinski definition) is 0. The Labute approximate surface area is 528 Å². The van der Waals surface area contributed by atoms with Crippen molar-refractivity contribution >= 4 is 58.4 Å². The van der Waals surface area contributed by atoms with Crippen LogP contribution in [0.15, 0.2) is 206 Å². The molecule has 0 unspecified atom stereocenters. The Kier molecular flexibility index (Phi) is 13.1. The molecule has 4 aliphatic carbocycles. The van der Waals surface area contributed by atoms with Crippen LogP contribution < -0.4 is 9.80 Å². The maximum Gasteiger partial charge on any atom is 0.0466 e. The minimum absolute atomic E-state index is 0.148. The van der Waals surface area contributed by atoms with Gasteiger partial charge in [0.05, 0.1) is 0 Å². The highest BCUT2D eigenvalue weighted by molar-refractivity contribution is 5.91. The molecule has 11 aromatic carbocycles. The van der Waals surface area contributed by atoms with Crippen LogP contribution in [-0.4, -0.2) is 0 Å². The lowest BCUT2D eigenvalue weighted by molar-refractivity contribution is 0.563. The van der Waals surface area contributed by atoms with Crippen molar-refractivity contribution in [1.82, 2.24) is 0 Å². The van der Waals surface area contributed by atoms with Crippen LogP contribution in [0.3, 0.4) is 0 Å². The molecule has 2 heteroatoms. The Morgan fingerprint density at radius 1 is 0.258 bits per heavy atom. The SMILES string of the molecule is Cc1cc(C)cc(N(c2cc(C)cc(C)c2)c2ccc3c(c2)C(C)(C)c2cc(C=Cc4ccc5c(c4)C4(Cc6ccccc6C4)c4cc(C=Cc6ccc7c(c6)C(C)(C)c6cc(N(c8cc(C)cc(C)c8)c8cc(C)cc(C)c8)ccc6-7)ccc4-5)ccc2-3)c1. The first-order chi connectivity index (χ1) is 42.8. The Hall–Kier alpha value is -9.50. The lowest BCUT2D eigenvalue weighted by Gasteiger charge is -2.29. The van der Waals surface area contributed by atoms with E-state index in [2.05, 4.69) is 323 Å². The predicted molar refractivity (Wildman–Crippen MR) is 380 cm³/mol. The van der Waals surface area contributed by atoms with Crippen molar-refractivity contribution in [1.29, 1.82) is 0 Å². The first-order valence-corrected chi connectivity index (χ1v) is 32.0. The number of anilines is 6. The fourth-order valence-electron chi connectivity index (χ4n) is 16.3. The Balaban J connectivity index is 0.714. The summed E-state index contributed by atoms with van der Waals surface area (Å²) in [5, 5.41) is 0. The molecule has 4 aliphatic rings. The molecular weight excluding hydrogens is 1070 g/mol. The summed E-state index contributed by atoms with van der Waals surface area (Å²) in [6.07, 6.45) is 11.3. The third kappa shape index (κ3) is 9.54. The van der Waals surface area contributed by atoms with Gasteiger partial charge in [0.15, 0.2) is 0 Å². The zero-order valence-electron chi connectivity index (χ0n) is 53.7. The molecule has 11 aromatic rings. The summed E-state index contributed by atoms with van der Waals surface area (Å²) in [5.41, 5.74) is 40.9. The van der Waals surface area contributed by atoms with Gasteiger partial charge in [0.1, 0.15) is 0 Å². The van der Waals surface area contributed by atoms with Crippen molar-refractivity contribution in [3.8, 4) is 33.4 Å². The quantitative estimate of drug-likeness (QED) is 0.126. The molecule has 0 atom stereocenters. The summed E-state index contributed by atoms with van der Waals surface area (Å²) >= 11 is 0. The van der Waals surface area contributed by atoms with Crippen LogP contribution >= 0.6 is 0 Å². The molecule has 436 valence electrons. The number of aryl methyl sites for hydroxylation is 8. The Morgan fingerprint density at radius 2 is 0.506 bits per heavy atom. The first-order valence-electron chi connectivity index (χ1n) is 32.0. The molecule has 15 rings (SSSR count). The molecule has 0 saturated heterocycles. The molecule has 0 saturated carbocycles. The second-order valence-corrected chi connectivity index (χ2v) is 27.9. The molecular formula is C87H78N2. The second-order valence-electron chi connectivity index (χ2n) is 27.9. The number of fused-ring (bicyclic) bond motifs is 12. The molecule has 0 N–H and O–H groups in total. The summed E-state index contributed by atoms with van der Waals surface area (Å²) in [6.45, 7) is 27.2. The van der Waals surface area contributed by atoms with Crippen molar-refractivity contribution in [3.05, 3.63) is 318 Å². The summed E-state index contributed by atoms with van der Waals surface area (Å²) in [5.74, 6) is 0. The van der Waals surface area contributed by atoms with E-state index in [1.165, 1.54) is 179 Å². The van der Waals surface area contributed by atoms with Gasteiger partial charge in [0.25, 0.3) is 0 Å². The van der Waals surface area contributed by atoms with Gasteiger partial charge in [0, 0.05) is 50.4 Å². The molecule has 1 spiro atoms. The zero-order valence-corrected chi connectivity index (χ0v) is 53.7. The molecule has 0 heterocycles. The molecule has 0 aliphatic heterocycles. The van der Waals surface area contributed by atoms with Crippen LogP contribution in [0.4, 0.5) is 34.1 Å². The van der Waals surface area contributed by atoms with Crippen LogP contribution in [-0.2, 0) is 29.1 Å². The van der Waals surface area contributed by atoms with Crippen molar-refractivity contribution in [3.63, 3.8) is 0 Å². The molecule has 89 heavy (non-hydrogen) atoms. The van der Waals surface area contributed by atoms with Crippen LogP contribution in [0.5, 0.6) is 0 Å². The molecule has 0 radical (unpaired) electrons. The molecule has 0 amide bonds. The highest BCUT2D eigenvalue weighted by atomic mass is 15.1. The number of rotatable bonds is 10. The third-order valence-electron chi connectivity index (χ3n) is 20.2. The van der Waals surface area contributed by atoms with E-state index in [1.807, 2.05) is 0 Å². The van der Waals surface area contributed by atoms with Gasteiger partial charge in [-0.2, -0.15) is 0 Å². The van der Waals surface area contributed by atoms with E-state index in [4.69, 9.17) is 0 Å². The maximum absolute atomic E-state index is 2.51. The van der Waals surface area contributed by atoms with Crippen molar-refractivity contribution in [2.75, 3.05) is 9.80 Å². The van der Waals surface area contributed by atoms with E-state index in [0.29, 0.717) is 0 Å². The average molecular weight is 1150 g/mol. The summed E-state index contributed by atoms with van der Waals surface area (Å²) < 4.78 is 0. The highest BCUT2D eigenvalue weighted by Gasteiger charge is 2.47. The molecule has 0 fully saturated rings. The van der Waals surface area contributed by atoms with Gasteiger partial charge < -0.3 is 9.80 Å². The monoisotopic (exact) mass is 1150 g/mol. The van der Waals surface area contributed by atoms with Gasteiger partial charge in [0.2, 0.25) is 0 Å². The van der Waals surface area contributed by atoms with Crippen molar-refractivity contribution in [2.45, 2.75) is 112 Å². The lowest BCUT2D eigenvalue weighted by atomic mass is 9.75. The standard InChI is InChI=1S/C87H78N2/c1-53-33-54(2)38-69(37-53)88(70-39-55(3)34-56(4)40-70)67-25-31-75-73-27-21-61(45-79(73)85(9,10)81(75)49-67)17-19-63-23-29-77-78-30-24-64(48-84(78)87(83(77)47-63)51-65-15-13-14-16-66(65)52-87)20-18-62-22-28-74-76-32-26-68(50-82(76)86(11,12)80(74)46-62)89(71-41-57(5)35-58(6)42-71)72-43-59(7)36-60(8)44-72/h13-50H,51-52H2,1-12H3. The van der Waals surface area contributed by atoms with Crippen molar-refractivity contribution < 1.29 is 0 Å². The van der Waals surface area contributed by atoms with Crippen LogP contribution in [0.2, 0.25) is 0 Å². The minimum atomic E-state index is -0.193. The normalized spacial score (nSPS) is 14.8. The van der Waals surface area contributed by atoms with Crippen LogP contribution in [0.1, 0.15) is 139 Å². The lowest BCUT2D eigenvalue weighted by Crippen LogP contribution is -2.26. The fourth-order valence-corrected chi connectivity index (χ4v) is 16.3. The van der Waals surface area contributed by atoms with Crippen LogP contribution in [0, 0.1) is 55.4 Å². The first kappa shape index (κ1) is 56.0. The highest BCUT2D eigenvalue weighted by Crippen LogP contribution is 2.57. The van der Waals surface area contributed by atoms with Gasteiger partial charge >= 0.3 is 0 Å². The zero-order chi connectivity index (χ0) is 61.4. The van der Waals surface area contributed by atoms with Crippen molar-refractivity contribution in [2.24, 2.45) is 0 Å². The number of hydrogen-bond acceptors (Lipinski definition) is 2. The third-order valence-corrected chi connectivity index (χ3v) is 20.2. The van der Waals surface area contributed by atoms with E-state index < -0.39 is 0 Å². The van der Waals surface area contributed by atoms with Crippen LogP contribution in [0.25, 0.3) is 57.7 Å². The van der Waals surface area contributed by atoms with Gasteiger partial charge in [-0.25, -0.2) is 0 Å². The van der Waals surface area contributed by atoms with E-state index >= 15 is 0 Å². The molecule has 0 aromatic heterocycles. The molecule has 2 nitrogen and oxygen atoms in total. The van der Waals surface area contributed by atoms with Gasteiger partial charge in [-0.3, -0.25) is 0 Å². The van der Waals surface area contributed by atoms with Gasteiger partial charge in [-0.05, 0) is 286 Å². The smallest absolute Gasteiger partial charge is 0.0466 e. The fraction of sp³-hybridized carbons (Fsp3) is 0.195. The largest absolute Gasteiger partial charge is 0.310 e. The second kappa shape index (κ2) is 20.8. The van der Waals surface area contributed by atoms with Gasteiger partial charge in [-0.1, -0.05) is 185 Å². The number of benzene rings is 11. The average Bonchev–Trinajstić information content (AvgIpc) is 1.57. The minimum Gasteiger partial charge on any atom is -0.310 e. The van der Waals surface area contributed by atoms with Gasteiger partial charge in [-0.15, -0.1) is 0 Å². The van der Waals surface area contributed by atoms with E-state index in [0.717, 1.165) is 12.8 Å². The van der Waals surface area contributed by atoms with E-state index in [1.54, 1.807) is 0 Å². The summed E-state index contributed by atoms with van der Waals surface area (Å²) in [7, 11) is 0. The van der Waals surface area contributed by atoms with E-state index in [-0.39, 0.29) is 16.2 Å². The summed E-state index contributed by atoms with van der Waals surface area (Å²) in [6, 6.07) is 79.7. The Bertz CT molecular complexity index is 4350. The maximum atomic E-state index is 2.51. The predicted octanol–water partition coefficient (Wildman–Crippen LogP) is 23.1. The molecule has 0 bridgehead atoms. The Morgan fingerprint density at radius 3 is 0.798 bits per heavy atom. The van der Waals surface area contributed by atoms with E-state index in [9.17, 15) is 0 Å². The number of nitrogens with zero attached hydrogens (tertiary/aromatic N) is 2. The topological polar surface area (TPSA) is 6.48 Å².